The SMILES string of the molecule is C/C(SC#CC(C)(C)C)=C(/Cl)c1ccccc1. The maximum absolute atomic E-state index is 6.30. The molecular weight excluding hydrogens is 248 g/mol. The Labute approximate surface area is 113 Å². The van der Waals surface area contributed by atoms with Gasteiger partial charge in [0, 0.05) is 10.3 Å². The maximum atomic E-state index is 6.30. The van der Waals surface area contributed by atoms with E-state index in [0.29, 0.717) is 0 Å². The maximum Gasteiger partial charge on any atom is 0.0580 e. The molecule has 0 nitrogen and oxygen atoms in total. The molecule has 0 N–H and O–H groups in total. The van der Waals surface area contributed by atoms with Crippen molar-refractivity contribution >= 4 is 28.4 Å². The number of hydrogen-bond acceptors (Lipinski definition) is 1. The lowest BCUT2D eigenvalue weighted by atomic mass is 9.99. The largest absolute Gasteiger partial charge is 0.0850 e. The number of benzene rings is 1. The summed E-state index contributed by atoms with van der Waals surface area (Å²) in [5.74, 6) is 3.18. The summed E-state index contributed by atoms with van der Waals surface area (Å²) in [6.07, 6.45) is 0. The van der Waals surface area contributed by atoms with E-state index in [1.807, 2.05) is 37.3 Å². The van der Waals surface area contributed by atoms with Gasteiger partial charge < -0.3 is 0 Å². The highest BCUT2D eigenvalue weighted by Gasteiger charge is 2.05. The highest BCUT2D eigenvalue weighted by atomic mass is 35.5. The van der Waals surface area contributed by atoms with Gasteiger partial charge >= 0.3 is 0 Å². The Morgan fingerprint density at radius 1 is 1.18 bits per heavy atom. The van der Waals surface area contributed by atoms with Gasteiger partial charge in [0.2, 0.25) is 0 Å². The van der Waals surface area contributed by atoms with E-state index in [0.717, 1.165) is 15.5 Å². The summed E-state index contributed by atoms with van der Waals surface area (Å²) >= 11 is 7.79. The minimum absolute atomic E-state index is 0.0342. The lowest BCUT2D eigenvalue weighted by Crippen LogP contribution is -1.98. The lowest BCUT2D eigenvalue weighted by Gasteiger charge is -2.07. The van der Waals surface area contributed by atoms with Crippen LogP contribution in [0.15, 0.2) is 35.2 Å². The van der Waals surface area contributed by atoms with Crippen LogP contribution in [0.25, 0.3) is 5.03 Å². The second-order valence-electron chi connectivity index (χ2n) is 4.82. The van der Waals surface area contributed by atoms with Crippen molar-refractivity contribution in [1.82, 2.24) is 0 Å². The highest BCUT2D eigenvalue weighted by molar-refractivity contribution is 8.07. The number of rotatable bonds is 2. The van der Waals surface area contributed by atoms with Crippen LogP contribution in [-0.4, -0.2) is 0 Å². The van der Waals surface area contributed by atoms with Gasteiger partial charge in [-0.2, -0.15) is 0 Å². The van der Waals surface area contributed by atoms with E-state index in [-0.39, 0.29) is 5.41 Å². The van der Waals surface area contributed by atoms with Crippen molar-refractivity contribution in [3.63, 3.8) is 0 Å². The molecule has 0 aliphatic rings. The van der Waals surface area contributed by atoms with Crippen LogP contribution in [0.4, 0.5) is 0 Å². The molecule has 17 heavy (non-hydrogen) atoms. The predicted octanol–water partition coefficient (Wildman–Crippen LogP) is 5.35. The van der Waals surface area contributed by atoms with E-state index in [9.17, 15) is 0 Å². The minimum Gasteiger partial charge on any atom is -0.0850 e. The van der Waals surface area contributed by atoms with Crippen LogP contribution < -0.4 is 0 Å². The van der Waals surface area contributed by atoms with E-state index in [1.54, 1.807) is 0 Å². The van der Waals surface area contributed by atoms with Crippen molar-refractivity contribution in [2.45, 2.75) is 27.7 Å². The molecule has 0 amide bonds. The number of thioether (sulfide) groups is 1. The molecule has 0 heterocycles. The zero-order chi connectivity index (χ0) is 12.9. The molecule has 0 aliphatic carbocycles. The second kappa shape index (κ2) is 6.19. The number of halogens is 1. The summed E-state index contributed by atoms with van der Waals surface area (Å²) in [6.45, 7) is 8.28. The van der Waals surface area contributed by atoms with Crippen molar-refractivity contribution in [1.29, 1.82) is 0 Å². The normalized spacial score (nSPS) is 12.5. The molecule has 90 valence electrons. The minimum atomic E-state index is 0.0342. The van der Waals surface area contributed by atoms with Gasteiger partial charge in [0.05, 0.1) is 5.03 Å². The number of allylic oxidation sites excluding steroid dienone is 1. The Balaban J connectivity index is 2.81. The molecule has 0 saturated heterocycles. The van der Waals surface area contributed by atoms with E-state index in [1.165, 1.54) is 11.8 Å². The Morgan fingerprint density at radius 3 is 2.29 bits per heavy atom. The van der Waals surface area contributed by atoms with Crippen LogP contribution in [0, 0.1) is 16.6 Å². The third kappa shape index (κ3) is 5.35. The van der Waals surface area contributed by atoms with E-state index >= 15 is 0 Å². The predicted molar refractivity (Wildman–Crippen MR) is 79.7 cm³/mol. The molecule has 0 spiro atoms. The van der Waals surface area contributed by atoms with Gasteiger partial charge in [-0.05, 0) is 50.3 Å². The van der Waals surface area contributed by atoms with Gasteiger partial charge in [-0.1, -0.05) is 47.9 Å². The first-order valence-electron chi connectivity index (χ1n) is 5.51. The molecule has 1 aromatic carbocycles. The van der Waals surface area contributed by atoms with Gasteiger partial charge in [0.25, 0.3) is 0 Å². The van der Waals surface area contributed by atoms with Crippen LogP contribution in [0.5, 0.6) is 0 Å². The molecule has 0 unspecified atom stereocenters. The monoisotopic (exact) mass is 264 g/mol. The first kappa shape index (κ1) is 14.2. The Bertz CT molecular complexity index is 455. The third-order valence-electron chi connectivity index (χ3n) is 1.97. The summed E-state index contributed by atoms with van der Waals surface area (Å²) in [4.78, 5) is 1.04. The van der Waals surface area contributed by atoms with Crippen molar-refractivity contribution < 1.29 is 0 Å². The van der Waals surface area contributed by atoms with Crippen LogP contribution >= 0.6 is 23.4 Å². The molecule has 0 atom stereocenters. The fourth-order valence-corrected chi connectivity index (χ4v) is 2.05. The average molecular weight is 265 g/mol. The number of hydrogen-bond donors (Lipinski definition) is 0. The first-order valence-corrected chi connectivity index (χ1v) is 6.70. The van der Waals surface area contributed by atoms with Gasteiger partial charge in [-0.25, -0.2) is 0 Å². The van der Waals surface area contributed by atoms with Crippen LogP contribution in [0.1, 0.15) is 33.3 Å². The van der Waals surface area contributed by atoms with Crippen LogP contribution in [0.2, 0.25) is 0 Å². The quantitative estimate of drug-likeness (QED) is 0.649. The van der Waals surface area contributed by atoms with Gasteiger partial charge in [-0.3, -0.25) is 0 Å². The smallest absolute Gasteiger partial charge is 0.0580 e. The molecule has 0 aliphatic heterocycles. The third-order valence-corrected chi connectivity index (χ3v) is 3.29. The Hall–Kier alpha value is -0.840. The van der Waals surface area contributed by atoms with Crippen molar-refractivity contribution in [3.05, 3.63) is 40.8 Å². The zero-order valence-electron chi connectivity index (χ0n) is 10.7. The molecule has 0 fully saturated rings. The van der Waals surface area contributed by atoms with Crippen molar-refractivity contribution in [2.75, 3.05) is 0 Å². The lowest BCUT2D eigenvalue weighted by molar-refractivity contribution is 0.571. The Morgan fingerprint density at radius 2 is 1.76 bits per heavy atom. The van der Waals surface area contributed by atoms with E-state index < -0.39 is 0 Å². The second-order valence-corrected chi connectivity index (χ2v) is 6.21. The van der Waals surface area contributed by atoms with Crippen LogP contribution in [0.3, 0.4) is 0 Å². The summed E-state index contributed by atoms with van der Waals surface area (Å²) in [5, 5.41) is 3.88. The topological polar surface area (TPSA) is 0 Å². The van der Waals surface area contributed by atoms with Gasteiger partial charge in [0.15, 0.2) is 0 Å². The van der Waals surface area contributed by atoms with E-state index in [2.05, 4.69) is 31.9 Å². The molecule has 0 radical (unpaired) electrons. The highest BCUT2D eigenvalue weighted by Crippen LogP contribution is 2.29. The standard InChI is InChI=1S/C15H17ClS/c1-12(17-11-10-15(2,3)4)14(16)13-8-6-5-7-9-13/h5-9H,1-4H3/b14-12-. The molecular formula is C15H17ClS. The first-order chi connectivity index (χ1) is 7.90. The molecule has 1 aromatic rings. The Kier molecular flexibility index (Phi) is 5.18. The molecule has 2 heteroatoms. The molecule has 0 bridgehead atoms. The van der Waals surface area contributed by atoms with E-state index in [4.69, 9.17) is 11.6 Å². The van der Waals surface area contributed by atoms with Crippen molar-refractivity contribution in [3.8, 4) is 11.2 Å². The molecule has 1 rings (SSSR count). The zero-order valence-corrected chi connectivity index (χ0v) is 12.2. The molecule has 0 aromatic heterocycles. The average Bonchev–Trinajstić information content (AvgIpc) is 2.27. The summed E-state index contributed by atoms with van der Waals surface area (Å²) in [7, 11) is 0. The fourth-order valence-electron chi connectivity index (χ4n) is 1.09. The van der Waals surface area contributed by atoms with Crippen molar-refractivity contribution in [2.24, 2.45) is 5.41 Å². The van der Waals surface area contributed by atoms with Crippen LogP contribution in [-0.2, 0) is 0 Å². The summed E-state index contributed by atoms with van der Waals surface area (Å²) in [5.41, 5.74) is 1.07. The van der Waals surface area contributed by atoms with Gasteiger partial charge in [-0.15, -0.1) is 0 Å². The molecule has 0 saturated carbocycles. The summed E-state index contributed by atoms with van der Waals surface area (Å²) < 4.78 is 0. The summed E-state index contributed by atoms with van der Waals surface area (Å²) in [6, 6.07) is 9.95. The fraction of sp³-hybridized carbons (Fsp3) is 0.333. The van der Waals surface area contributed by atoms with Gasteiger partial charge in [0.1, 0.15) is 0 Å².